The molecule has 0 aliphatic heterocycles. The SMILES string of the molecule is CC(=O)c1ccc(OP(C)(C)=O)cc1. The number of benzene rings is 1. The second-order valence-corrected chi connectivity index (χ2v) is 6.11. The first-order chi connectivity index (χ1) is 6.38. The van der Waals surface area contributed by atoms with Crippen LogP contribution in [-0.2, 0) is 4.57 Å². The molecule has 0 bridgehead atoms. The van der Waals surface area contributed by atoms with E-state index < -0.39 is 7.37 Å². The molecule has 0 saturated heterocycles. The molecule has 0 aliphatic rings. The third kappa shape index (κ3) is 3.35. The van der Waals surface area contributed by atoms with Gasteiger partial charge in [-0.1, -0.05) is 0 Å². The summed E-state index contributed by atoms with van der Waals surface area (Å²) in [6.07, 6.45) is 0. The minimum Gasteiger partial charge on any atom is -0.443 e. The zero-order valence-electron chi connectivity index (χ0n) is 8.48. The van der Waals surface area contributed by atoms with Crippen molar-refractivity contribution in [2.45, 2.75) is 6.92 Å². The van der Waals surface area contributed by atoms with Crippen LogP contribution in [0.1, 0.15) is 17.3 Å². The minimum absolute atomic E-state index is 0.00716. The molecule has 0 amide bonds. The zero-order valence-corrected chi connectivity index (χ0v) is 9.38. The van der Waals surface area contributed by atoms with E-state index in [0.29, 0.717) is 11.3 Å². The minimum atomic E-state index is -2.51. The second-order valence-electron chi connectivity index (χ2n) is 3.42. The molecule has 0 fully saturated rings. The Bertz CT molecular complexity index is 375. The summed E-state index contributed by atoms with van der Waals surface area (Å²) >= 11 is 0. The Kier molecular flexibility index (Phi) is 3.12. The van der Waals surface area contributed by atoms with Gasteiger partial charge in [0.25, 0.3) is 0 Å². The molecule has 0 unspecified atom stereocenters. The lowest BCUT2D eigenvalue weighted by atomic mass is 10.1. The van der Waals surface area contributed by atoms with Crippen molar-refractivity contribution in [3.8, 4) is 5.75 Å². The molecule has 14 heavy (non-hydrogen) atoms. The normalized spacial score (nSPS) is 11.1. The number of ketones is 1. The van der Waals surface area contributed by atoms with Gasteiger partial charge in [0.1, 0.15) is 5.75 Å². The van der Waals surface area contributed by atoms with Gasteiger partial charge >= 0.3 is 0 Å². The van der Waals surface area contributed by atoms with Crippen molar-refractivity contribution in [3.05, 3.63) is 29.8 Å². The van der Waals surface area contributed by atoms with Crippen molar-refractivity contribution in [1.29, 1.82) is 0 Å². The summed E-state index contributed by atoms with van der Waals surface area (Å²) in [6, 6.07) is 6.62. The smallest absolute Gasteiger partial charge is 0.242 e. The Labute approximate surface area is 83.5 Å². The predicted octanol–water partition coefficient (Wildman–Crippen LogP) is 2.81. The van der Waals surface area contributed by atoms with Crippen molar-refractivity contribution in [2.24, 2.45) is 0 Å². The maximum atomic E-state index is 11.3. The zero-order chi connectivity index (χ0) is 10.8. The summed E-state index contributed by atoms with van der Waals surface area (Å²) in [5, 5.41) is 0. The second kappa shape index (κ2) is 3.97. The van der Waals surface area contributed by atoms with Gasteiger partial charge in [0.15, 0.2) is 5.78 Å². The Morgan fingerprint density at radius 2 is 1.71 bits per heavy atom. The van der Waals surface area contributed by atoms with E-state index in [4.69, 9.17) is 4.52 Å². The highest BCUT2D eigenvalue weighted by Gasteiger charge is 2.08. The standard InChI is InChI=1S/C10H13O3P/c1-8(11)9-4-6-10(7-5-9)13-14(2,3)12/h4-7H,1-3H3. The highest BCUT2D eigenvalue weighted by molar-refractivity contribution is 7.57. The topological polar surface area (TPSA) is 43.4 Å². The summed E-state index contributed by atoms with van der Waals surface area (Å²) in [6.45, 7) is 4.60. The maximum absolute atomic E-state index is 11.3. The maximum Gasteiger partial charge on any atom is 0.242 e. The summed E-state index contributed by atoms with van der Waals surface area (Å²) < 4.78 is 16.5. The van der Waals surface area contributed by atoms with Crippen LogP contribution >= 0.6 is 7.37 Å². The van der Waals surface area contributed by atoms with Gasteiger partial charge in [-0.05, 0) is 31.2 Å². The van der Waals surface area contributed by atoms with E-state index >= 15 is 0 Å². The van der Waals surface area contributed by atoms with Crippen LogP contribution in [0.3, 0.4) is 0 Å². The summed E-state index contributed by atoms with van der Waals surface area (Å²) in [7, 11) is -2.51. The van der Waals surface area contributed by atoms with Crippen LogP contribution in [0.25, 0.3) is 0 Å². The van der Waals surface area contributed by atoms with Gasteiger partial charge < -0.3 is 4.52 Å². The van der Waals surface area contributed by atoms with Crippen LogP contribution in [0.5, 0.6) is 5.75 Å². The Morgan fingerprint density at radius 3 is 2.07 bits per heavy atom. The van der Waals surface area contributed by atoms with Gasteiger partial charge in [-0.25, -0.2) is 0 Å². The lowest BCUT2D eigenvalue weighted by Crippen LogP contribution is -1.92. The molecule has 0 aliphatic carbocycles. The lowest BCUT2D eigenvalue weighted by Gasteiger charge is -2.09. The molecular weight excluding hydrogens is 199 g/mol. The number of hydrogen-bond donors (Lipinski definition) is 0. The van der Waals surface area contributed by atoms with E-state index in [1.807, 2.05) is 0 Å². The molecule has 0 atom stereocenters. The molecule has 1 rings (SSSR count). The monoisotopic (exact) mass is 212 g/mol. The van der Waals surface area contributed by atoms with Crippen LogP contribution in [0.15, 0.2) is 24.3 Å². The van der Waals surface area contributed by atoms with Crippen LogP contribution in [0.4, 0.5) is 0 Å². The Balaban J connectivity index is 2.84. The van der Waals surface area contributed by atoms with Crippen LogP contribution in [0, 0.1) is 0 Å². The molecule has 0 N–H and O–H groups in total. The van der Waals surface area contributed by atoms with Gasteiger partial charge in [0, 0.05) is 18.9 Å². The van der Waals surface area contributed by atoms with Gasteiger partial charge in [0.05, 0.1) is 0 Å². The summed E-state index contributed by atoms with van der Waals surface area (Å²) in [4.78, 5) is 10.9. The van der Waals surface area contributed by atoms with Gasteiger partial charge in [-0.3, -0.25) is 9.36 Å². The molecule has 0 aromatic heterocycles. The molecule has 4 heteroatoms. The van der Waals surface area contributed by atoms with E-state index in [-0.39, 0.29) is 5.78 Å². The van der Waals surface area contributed by atoms with Crippen molar-refractivity contribution in [2.75, 3.05) is 13.3 Å². The predicted molar refractivity (Wildman–Crippen MR) is 56.5 cm³/mol. The fourth-order valence-corrected chi connectivity index (χ4v) is 1.63. The van der Waals surface area contributed by atoms with E-state index in [0.717, 1.165) is 0 Å². The molecule has 1 aromatic rings. The average molecular weight is 212 g/mol. The van der Waals surface area contributed by atoms with Crippen molar-refractivity contribution >= 4 is 13.2 Å². The Hall–Kier alpha value is -1.08. The summed E-state index contributed by atoms with van der Waals surface area (Å²) in [5.41, 5.74) is 0.624. The highest BCUT2D eigenvalue weighted by Crippen LogP contribution is 2.38. The highest BCUT2D eigenvalue weighted by atomic mass is 31.2. The van der Waals surface area contributed by atoms with Gasteiger partial charge in [-0.15, -0.1) is 0 Å². The quantitative estimate of drug-likeness (QED) is 0.571. The van der Waals surface area contributed by atoms with Crippen molar-refractivity contribution in [3.63, 3.8) is 0 Å². The number of carbonyl (C=O) groups excluding carboxylic acids is 1. The van der Waals surface area contributed by atoms with Crippen LogP contribution in [0.2, 0.25) is 0 Å². The molecule has 0 radical (unpaired) electrons. The van der Waals surface area contributed by atoms with E-state index in [1.165, 1.54) is 6.92 Å². The van der Waals surface area contributed by atoms with Gasteiger partial charge in [0.2, 0.25) is 7.37 Å². The summed E-state index contributed by atoms with van der Waals surface area (Å²) in [5.74, 6) is 0.538. The van der Waals surface area contributed by atoms with Crippen LogP contribution in [-0.4, -0.2) is 19.1 Å². The molecule has 0 spiro atoms. The fourth-order valence-electron chi connectivity index (χ4n) is 1.00. The van der Waals surface area contributed by atoms with Crippen molar-refractivity contribution in [1.82, 2.24) is 0 Å². The number of carbonyl (C=O) groups is 1. The number of Topliss-reactive ketones (excluding diaryl/α,β-unsaturated/α-hetero) is 1. The van der Waals surface area contributed by atoms with E-state index in [1.54, 1.807) is 37.6 Å². The fraction of sp³-hybridized carbons (Fsp3) is 0.300. The Morgan fingerprint density at radius 1 is 1.21 bits per heavy atom. The first-order valence-corrected chi connectivity index (χ1v) is 6.76. The molecule has 1 aromatic carbocycles. The first-order valence-electron chi connectivity index (χ1n) is 4.24. The number of hydrogen-bond acceptors (Lipinski definition) is 3. The third-order valence-electron chi connectivity index (χ3n) is 1.59. The average Bonchev–Trinajstić information content (AvgIpc) is 2.02. The first kappa shape index (κ1) is 11.0. The molecule has 0 heterocycles. The molecule has 0 saturated carbocycles. The number of rotatable bonds is 3. The third-order valence-corrected chi connectivity index (χ3v) is 2.24. The lowest BCUT2D eigenvalue weighted by molar-refractivity contribution is 0.101. The largest absolute Gasteiger partial charge is 0.443 e. The van der Waals surface area contributed by atoms with Crippen LogP contribution < -0.4 is 4.52 Å². The molecule has 3 nitrogen and oxygen atoms in total. The molecular formula is C10H13O3P. The van der Waals surface area contributed by atoms with E-state index in [9.17, 15) is 9.36 Å². The van der Waals surface area contributed by atoms with E-state index in [2.05, 4.69) is 0 Å². The van der Waals surface area contributed by atoms with Crippen molar-refractivity contribution < 1.29 is 13.9 Å². The van der Waals surface area contributed by atoms with Gasteiger partial charge in [-0.2, -0.15) is 0 Å². The molecule has 76 valence electrons.